The summed E-state index contributed by atoms with van der Waals surface area (Å²) in [7, 11) is 0. The van der Waals surface area contributed by atoms with Gasteiger partial charge in [0.05, 0.1) is 12.0 Å². The zero-order valence-electron chi connectivity index (χ0n) is 12.9. The van der Waals surface area contributed by atoms with Gasteiger partial charge in [-0.15, -0.1) is 0 Å². The highest BCUT2D eigenvalue weighted by Gasteiger charge is 2.43. The van der Waals surface area contributed by atoms with Crippen LogP contribution in [0.4, 0.5) is 10.1 Å². The zero-order valence-corrected chi connectivity index (χ0v) is 12.9. The van der Waals surface area contributed by atoms with E-state index in [9.17, 15) is 9.18 Å². The molecule has 0 saturated carbocycles. The summed E-state index contributed by atoms with van der Waals surface area (Å²) in [6, 6.07) is 5.83. The van der Waals surface area contributed by atoms with Gasteiger partial charge in [0.25, 0.3) is 0 Å². The van der Waals surface area contributed by atoms with Gasteiger partial charge in [-0.1, -0.05) is 12.1 Å². The maximum Gasteiger partial charge on any atom is 0.237 e. The zero-order chi connectivity index (χ0) is 15.9. The molecule has 2 heterocycles. The predicted octanol–water partition coefficient (Wildman–Crippen LogP) is 3.05. The minimum atomic E-state index is -0.618. The second-order valence-corrected chi connectivity index (χ2v) is 6.02. The number of hydrogen-bond donors (Lipinski definition) is 0. The van der Waals surface area contributed by atoms with Crippen LogP contribution in [0.15, 0.2) is 30.6 Å². The Balaban J connectivity index is 2.10. The molecule has 1 amide bonds. The topological polar surface area (TPSA) is 46.1 Å². The molecule has 4 nitrogen and oxygen atoms in total. The van der Waals surface area contributed by atoms with Crippen molar-refractivity contribution < 1.29 is 9.18 Å². The van der Waals surface area contributed by atoms with Crippen LogP contribution < -0.4 is 4.90 Å². The molecule has 22 heavy (non-hydrogen) atoms. The molecule has 0 spiro atoms. The van der Waals surface area contributed by atoms with Gasteiger partial charge in [-0.2, -0.15) is 0 Å². The number of carbonyl (C=O) groups is 1. The summed E-state index contributed by atoms with van der Waals surface area (Å²) in [5.74, 6) is 0.651. The maximum absolute atomic E-state index is 12.8. The van der Waals surface area contributed by atoms with Gasteiger partial charge in [0.15, 0.2) is 0 Å². The first-order chi connectivity index (χ1) is 10.4. The molecule has 0 radical (unpaired) electrons. The molecule has 2 aromatic rings. The van der Waals surface area contributed by atoms with E-state index >= 15 is 0 Å². The molecule has 3 rings (SSSR count). The molecule has 0 atom stereocenters. The highest BCUT2D eigenvalue weighted by atomic mass is 19.1. The first-order valence-corrected chi connectivity index (χ1v) is 7.26. The lowest BCUT2D eigenvalue weighted by molar-refractivity contribution is -0.122. The molecule has 0 saturated heterocycles. The van der Waals surface area contributed by atoms with Crippen molar-refractivity contribution >= 4 is 11.6 Å². The van der Waals surface area contributed by atoms with Gasteiger partial charge in [-0.3, -0.25) is 4.79 Å². The smallest absolute Gasteiger partial charge is 0.237 e. The fourth-order valence-corrected chi connectivity index (χ4v) is 2.87. The van der Waals surface area contributed by atoms with Gasteiger partial charge in [0, 0.05) is 23.6 Å². The predicted molar refractivity (Wildman–Crippen MR) is 83.6 cm³/mol. The van der Waals surface area contributed by atoms with E-state index in [1.54, 1.807) is 12.4 Å². The number of carbonyl (C=O) groups excluding carboxylic acids is 1. The number of benzene rings is 1. The average molecular weight is 299 g/mol. The van der Waals surface area contributed by atoms with Gasteiger partial charge in [0.2, 0.25) is 5.91 Å². The molecular formula is C17H18FN3O. The van der Waals surface area contributed by atoms with E-state index in [4.69, 9.17) is 0 Å². The van der Waals surface area contributed by atoms with Crippen LogP contribution in [0.25, 0.3) is 11.1 Å². The summed E-state index contributed by atoms with van der Waals surface area (Å²) in [4.78, 5) is 22.4. The van der Waals surface area contributed by atoms with E-state index in [1.165, 1.54) is 4.90 Å². The number of nitrogens with zero attached hydrogens (tertiary/aromatic N) is 3. The SMILES string of the molecule is Cc1ncc(-c2ccc3c(c2)N(CCF)C(=O)C3(C)C)cn1. The van der Waals surface area contributed by atoms with E-state index in [-0.39, 0.29) is 12.5 Å². The third-order valence-electron chi connectivity index (χ3n) is 4.16. The van der Waals surface area contributed by atoms with Crippen LogP contribution in [0, 0.1) is 6.92 Å². The molecule has 0 unspecified atom stereocenters. The first kappa shape index (κ1) is 14.6. The number of alkyl halides is 1. The van der Waals surface area contributed by atoms with E-state index in [2.05, 4.69) is 9.97 Å². The van der Waals surface area contributed by atoms with Crippen molar-refractivity contribution in [1.82, 2.24) is 9.97 Å². The van der Waals surface area contributed by atoms with Crippen LogP contribution in [0.2, 0.25) is 0 Å². The normalized spacial score (nSPS) is 16.0. The third-order valence-corrected chi connectivity index (χ3v) is 4.16. The van der Waals surface area contributed by atoms with Crippen molar-refractivity contribution in [2.24, 2.45) is 0 Å². The van der Waals surface area contributed by atoms with Gasteiger partial charge < -0.3 is 4.90 Å². The van der Waals surface area contributed by atoms with E-state index in [1.807, 2.05) is 39.0 Å². The lowest BCUT2D eigenvalue weighted by Gasteiger charge is -2.18. The van der Waals surface area contributed by atoms with Crippen molar-refractivity contribution in [1.29, 1.82) is 0 Å². The van der Waals surface area contributed by atoms with Crippen molar-refractivity contribution in [2.75, 3.05) is 18.1 Å². The number of halogens is 1. The summed E-state index contributed by atoms with van der Waals surface area (Å²) >= 11 is 0. The Labute approximate surface area is 129 Å². The lowest BCUT2D eigenvalue weighted by Crippen LogP contribution is -2.37. The second-order valence-electron chi connectivity index (χ2n) is 6.02. The summed E-state index contributed by atoms with van der Waals surface area (Å²) in [5, 5.41) is 0. The Morgan fingerprint density at radius 1 is 1.18 bits per heavy atom. The molecular weight excluding hydrogens is 281 g/mol. The van der Waals surface area contributed by atoms with E-state index in [0.29, 0.717) is 5.82 Å². The summed E-state index contributed by atoms with van der Waals surface area (Å²) < 4.78 is 12.8. The molecule has 1 aromatic carbocycles. The third kappa shape index (κ3) is 2.17. The first-order valence-electron chi connectivity index (χ1n) is 7.26. The average Bonchev–Trinajstić information content (AvgIpc) is 2.69. The Kier molecular flexibility index (Phi) is 3.43. The van der Waals surface area contributed by atoms with Crippen molar-refractivity contribution in [3.8, 4) is 11.1 Å². The molecule has 1 aromatic heterocycles. The van der Waals surface area contributed by atoms with Gasteiger partial charge >= 0.3 is 0 Å². The van der Waals surface area contributed by atoms with Crippen LogP contribution >= 0.6 is 0 Å². The van der Waals surface area contributed by atoms with Crippen molar-refractivity contribution in [3.05, 3.63) is 42.0 Å². The van der Waals surface area contributed by atoms with Crippen molar-refractivity contribution in [2.45, 2.75) is 26.2 Å². The van der Waals surface area contributed by atoms with E-state index in [0.717, 1.165) is 22.4 Å². The van der Waals surface area contributed by atoms with Crippen molar-refractivity contribution in [3.63, 3.8) is 0 Å². The van der Waals surface area contributed by atoms with Crippen LogP contribution in [-0.4, -0.2) is 29.1 Å². The Morgan fingerprint density at radius 2 is 1.86 bits per heavy atom. The number of hydrogen-bond acceptors (Lipinski definition) is 3. The van der Waals surface area contributed by atoms with Crippen LogP contribution in [0.5, 0.6) is 0 Å². The maximum atomic E-state index is 12.8. The van der Waals surface area contributed by atoms with E-state index < -0.39 is 12.1 Å². The summed E-state index contributed by atoms with van der Waals surface area (Å²) in [5.41, 5.74) is 2.90. The van der Waals surface area contributed by atoms with Crippen LogP contribution in [-0.2, 0) is 10.2 Å². The molecule has 1 aliphatic rings. The molecule has 0 N–H and O–H groups in total. The highest BCUT2D eigenvalue weighted by molar-refractivity contribution is 6.08. The molecule has 0 bridgehead atoms. The number of fused-ring (bicyclic) bond motifs is 1. The van der Waals surface area contributed by atoms with Gasteiger partial charge in [-0.05, 0) is 38.0 Å². The van der Waals surface area contributed by atoms with Gasteiger partial charge in [0.1, 0.15) is 12.5 Å². The lowest BCUT2D eigenvalue weighted by atomic mass is 9.85. The molecule has 0 fully saturated rings. The molecule has 1 aliphatic heterocycles. The summed E-state index contributed by atoms with van der Waals surface area (Å²) in [6.07, 6.45) is 3.51. The minimum absolute atomic E-state index is 0.0579. The number of rotatable bonds is 3. The monoisotopic (exact) mass is 299 g/mol. The number of aromatic nitrogens is 2. The fourth-order valence-electron chi connectivity index (χ4n) is 2.87. The molecule has 0 aliphatic carbocycles. The van der Waals surface area contributed by atoms with Crippen LogP contribution in [0.1, 0.15) is 25.2 Å². The fraction of sp³-hybridized carbons (Fsp3) is 0.353. The molecule has 114 valence electrons. The highest BCUT2D eigenvalue weighted by Crippen LogP contribution is 2.43. The van der Waals surface area contributed by atoms with Gasteiger partial charge in [-0.25, -0.2) is 14.4 Å². The number of aryl methyl sites for hydroxylation is 1. The van der Waals surface area contributed by atoms with Crippen LogP contribution in [0.3, 0.4) is 0 Å². The number of anilines is 1. The Bertz CT molecular complexity index is 725. The summed E-state index contributed by atoms with van der Waals surface area (Å²) in [6.45, 7) is 5.11. The Hall–Kier alpha value is -2.30. The number of amides is 1. The Morgan fingerprint density at radius 3 is 2.50 bits per heavy atom. The second kappa shape index (κ2) is 5.16. The largest absolute Gasteiger partial charge is 0.309 e. The minimum Gasteiger partial charge on any atom is -0.309 e. The quantitative estimate of drug-likeness (QED) is 0.875. The standard InChI is InChI=1S/C17H18FN3O/c1-11-19-9-13(10-20-11)12-4-5-14-15(8-12)21(7-6-18)16(22)17(14,2)3/h4-5,8-10H,6-7H2,1-3H3. The molecule has 5 heteroatoms.